The first-order chi connectivity index (χ1) is 7.36. The third kappa shape index (κ3) is 3.39. The van der Waals surface area contributed by atoms with Crippen molar-refractivity contribution in [3.63, 3.8) is 0 Å². The molecular formula is C8H13ClN2O3S2. The summed E-state index contributed by atoms with van der Waals surface area (Å²) in [6.45, 7) is 3.40. The second-order valence-electron chi connectivity index (χ2n) is 3.59. The van der Waals surface area contributed by atoms with Crippen molar-refractivity contribution in [1.82, 2.24) is 9.71 Å². The Balaban J connectivity index is 2.87. The summed E-state index contributed by atoms with van der Waals surface area (Å²) in [5.74, 6) is 0.00293. The van der Waals surface area contributed by atoms with Crippen molar-refractivity contribution in [1.29, 1.82) is 0 Å². The Kier molecular flexibility index (Phi) is 4.69. The number of hydrogen-bond acceptors (Lipinski definition) is 5. The van der Waals surface area contributed by atoms with E-state index in [-0.39, 0.29) is 21.2 Å². The molecule has 5 nitrogen and oxygen atoms in total. The van der Waals surface area contributed by atoms with E-state index in [4.69, 9.17) is 16.7 Å². The molecule has 16 heavy (non-hydrogen) atoms. The quantitative estimate of drug-likeness (QED) is 0.848. The smallest absolute Gasteiger partial charge is 0.252 e. The highest BCUT2D eigenvalue weighted by Crippen LogP contribution is 2.22. The van der Waals surface area contributed by atoms with E-state index in [1.165, 1.54) is 6.20 Å². The molecule has 1 atom stereocenters. The third-order valence-corrected chi connectivity index (χ3v) is 5.10. The number of hydrogen-bond donors (Lipinski definition) is 2. The van der Waals surface area contributed by atoms with Crippen molar-refractivity contribution in [2.75, 3.05) is 6.61 Å². The minimum atomic E-state index is -3.63. The lowest BCUT2D eigenvalue weighted by Gasteiger charge is -2.18. The van der Waals surface area contributed by atoms with Crippen LogP contribution in [0.25, 0.3) is 0 Å². The highest BCUT2D eigenvalue weighted by atomic mass is 35.5. The van der Waals surface area contributed by atoms with Gasteiger partial charge in [0, 0.05) is 6.04 Å². The number of halogens is 1. The molecule has 1 aromatic heterocycles. The molecule has 0 aliphatic rings. The molecule has 92 valence electrons. The Morgan fingerprint density at radius 3 is 2.62 bits per heavy atom. The molecule has 1 heterocycles. The summed E-state index contributed by atoms with van der Waals surface area (Å²) in [7, 11) is -3.63. The predicted molar refractivity (Wildman–Crippen MR) is 63.2 cm³/mol. The molecule has 0 unspecified atom stereocenters. The monoisotopic (exact) mass is 284 g/mol. The van der Waals surface area contributed by atoms with E-state index >= 15 is 0 Å². The zero-order valence-corrected chi connectivity index (χ0v) is 11.2. The standard InChI is InChI=1S/C8H13ClN2O3S2/c1-5(2)6(4-12)11-16(13,14)7-3-10-8(9)15-7/h3,5-6,11-12H,4H2,1-2H3/t6-/m1/s1. The fraction of sp³-hybridized carbons (Fsp3) is 0.625. The van der Waals surface area contributed by atoms with Crippen LogP contribution in [0.1, 0.15) is 13.8 Å². The van der Waals surface area contributed by atoms with Crippen LogP contribution < -0.4 is 4.72 Å². The Morgan fingerprint density at radius 1 is 1.62 bits per heavy atom. The Labute approximate surface area is 104 Å². The van der Waals surface area contributed by atoms with Crippen LogP contribution in [-0.2, 0) is 10.0 Å². The van der Waals surface area contributed by atoms with Gasteiger partial charge in [0.25, 0.3) is 10.0 Å². The molecule has 1 aromatic rings. The van der Waals surface area contributed by atoms with E-state index in [1.807, 2.05) is 13.8 Å². The van der Waals surface area contributed by atoms with Gasteiger partial charge in [-0.05, 0) is 5.92 Å². The van der Waals surface area contributed by atoms with Crippen molar-refractivity contribution < 1.29 is 13.5 Å². The maximum absolute atomic E-state index is 11.8. The molecule has 0 saturated heterocycles. The highest BCUT2D eigenvalue weighted by molar-refractivity contribution is 7.91. The van der Waals surface area contributed by atoms with Gasteiger partial charge in [0.05, 0.1) is 12.8 Å². The average molecular weight is 285 g/mol. The largest absolute Gasteiger partial charge is 0.395 e. The van der Waals surface area contributed by atoms with Gasteiger partial charge in [-0.2, -0.15) is 0 Å². The minimum absolute atomic E-state index is 0.00293. The first-order valence-electron chi connectivity index (χ1n) is 4.61. The molecule has 0 spiro atoms. The van der Waals surface area contributed by atoms with E-state index < -0.39 is 16.1 Å². The van der Waals surface area contributed by atoms with E-state index in [0.717, 1.165) is 11.3 Å². The SMILES string of the molecule is CC(C)[C@@H](CO)NS(=O)(=O)c1cnc(Cl)s1. The van der Waals surface area contributed by atoms with Crippen molar-refractivity contribution in [2.45, 2.75) is 24.1 Å². The Bertz CT molecular complexity index is 444. The van der Waals surface area contributed by atoms with Crippen LogP contribution in [0.5, 0.6) is 0 Å². The van der Waals surface area contributed by atoms with Crippen LogP contribution in [0.3, 0.4) is 0 Å². The topological polar surface area (TPSA) is 79.3 Å². The first kappa shape index (κ1) is 13.9. The third-order valence-electron chi connectivity index (χ3n) is 2.03. The predicted octanol–water partition coefficient (Wildman–Crippen LogP) is 1.09. The van der Waals surface area contributed by atoms with Crippen LogP contribution >= 0.6 is 22.9 Å². The molecule has 0 amide bonds. The maximum atomic E-state index is 11.8. The summed E-state index contributed by atoms with van der Waals surface area (Å²) in [6.07, 6.45) is 1.20. The van der Waals surface area contributed by atoms with Crippen molar-refractivity contribution in [3.05, 3.63) is 10.7 Å². The van der Waals surface area contributed by atoms with Crippen LogP contribution in [0.4, 0.5) is 0 Å². The van der Waals surface area contributed by atoms with Crippen molar-refractivity contribution in [3.8, 4) is 0 Å². The van der Waals surface area contributed by atoms with Crippen LogP contribution in [-0.4, -0.2) is 31.2 Å². The molecule has 0 bridgehead atoms. The maximum Gasteiger partial charge on any atom is 0.252 e. The second-order valence-corrected chi connectivity index (χ2v) is 7.14. The van der Waals surface area contributed by atoms with E-state index in [9.17, 15) is 8.42 Å². The number of thiazole rings is 1. The summed E-state index contributed by atoms with van der Waals surface area (Å²) >= 11 is 6.45. The molecular weight excluding hydrogens is 272 g/mol. The number of sulfonamides is 1. The van der Waals surface area contributed by atoms with Gasteiger partial charge in [-0.15, -0.1) is 0 Å². The minimum Gasteiger partial charge on any atom is -0.395 e. The Hall–Kier alpha value is -0.210. The van der Waals surface area contributed by atoms with E-state index in [0.29, 0.717) is 0 Å². The van der Waals surface area contributed by atoms with Gasteiger partial charge in [0.15, 0.2) is 8.68 Å². The molecule has 0 radical (unpaired) electrons. The average Bonchev–Trinajstić information content (AvgIpc) is 2.61. The van der Waals surface area contributed by atoms with Crippen molar-refractivity contribution in [2.24, 2.45) is 5.92 Å². The molecule has 0 aliphatic carbocycles. The van der Waals surface area contributed by atoms with Gasteiger partial charge in [-0.1, -0.05) is 36.8 Å². The van der Waals surface area contributed by atoms with Gasteiger partial charge in [-0.3, -0.25) is 0 Å². The van der Waals surface area contributed by atoms with Gasteiger partial charge in [0.1, 0.15) is 0 Å². The summed E-state index contributed by atoms with van der Waals surface area (Å²) in [4.78, 5) is 3.66. The van der Waals surface area contributed by atoms with Gasteiger partial charge in [0.2, 0.25) is 0 Å². The fourth-order valence-corrected chi connectivity index (χ4v) is 3.69. The zero-order valence-electron chi connectivity index (χ0n) is 8.84. The van der Waals surface area contributed by atoms with Gasteiger partial charge < -0.3 is 5.11 Å². The highest BCUT2D eigenvalue weighted by Gasteiger charge is 2.23. The van der Waals surface area contributed by atoms with Gasteiger partial charge in [-0.25, -0.2) is 18.1 Å². The summed E-state index contributed by atoms with van der Waals surface area (Å²) in [5, 5.41) is 9.05. The molecule has 8 heteroatoms. The first-order valence-corrected chi connectivity index (χ1v) is 7.29. The summed E-state index contributed by atoms with van der Waals surface area (Å²) in [6, 6.07) is -0.508. The van der Waals surface area contributed by atoms with Crippen molar-refractivity contribution >= 4 is 33.0 Å². The number of nitrogens with one attached hydrogen (secondary N) is 1. The molecule has 0 fully saturated rings. The molecule has 1 rings (SSSR count). The number of aliphatic hydroxyl groups excluding tert-OH is 1. The number of rotatable bonds is 5. The molecule has 0 saturated carbocycles. The number of aromatic nitrogens is 1. The molecule has 0 aromatic carbocycles. The zero-order chi connectivity index (χ0) is 12.3. The Morgan fingerprint density at radius 2 is 2.25 bits per heavy atom. The van der Waals surface area contributed by atoms with E-state index in [1.54, 1.807) is 0 Å². The fourth-order valence-electron chi connectivity index (χ4n) is 1.00. The summed E-state index contributed by atoms with van der Waals surface area (Å²) in [5.41, 5.74) is 0. The number of aliphatic hydroxyl groups is 1. The lowest BCUT2D eigenvalue weighted by Crippen LogP contribution is -2.40. The van der Waals surface area contributed by atoms with Crippen LogP contribution in [0.15, 0.2) is 10.4 Å². The van der Waals surface area contributed by atoms with Gasteiger partial charge >= 0.3 is 0 Å². The molecule has 0 aliphatic heterocycles. The van der Waals surface area contributed by atoms with Crippen LogP contribution in [0.2, 0.25) is 4.47 Å². The lowest BCUT2D eigenvalue weighted by molar-refractivity contribution is 0.228. The summed E-state index contributed by atoms with van der Waals surface area (Å²) < 4.78 is 26.2. The van der Waals surface area contributed by atoms with Crippen LogP contribution in [0, 0.1) is 5.92 Å². The lowest BCUT2D eigenvalue weighted by atomic mass is 10.1. The second kappa shape index (κ2) is 5.42. The molecule has 2 N–H and O–H groups in total. The van der Waals surface area contributed by atoms with E-state index in [2.05, 4.69) is 9.71 Å². The number of nitrogens with zero attached hydrogens (tertiary/aromatic N) is 1. The normalized spacial score (nSPS) is 14.3.